The zero-order valence-electron chi connectivity index (χ0n) is 16.4. The molecule has 3 aromatic rings. The zero-order chi connectivity index (χ0) is 22.0. The average molecular weight is 436 g/mol. The van der Waals surface area contributed by atoms with Crippen LogP contribution in [0, 0.1) is 10.1 Å². The molecule has 0 aromatic heterocycles. The van der Waals surface area contributed by atoms with Gasteiger partial charge in [-0.25, -0.2) is 0 Å². The Morgan fingerprint density at radius 1 is 1.00 bits per heavy atom. The van der Waals surface area contributed by atoms with E-state index in [4.69, 9.17) is 11.6 Å². The van der Waals surface area contributed by atoms with Crippen molar-refractivity contribution in [1.29, 1.82) is 0 Å². The van der Waals surface area contributed by atoms with Gasteiger partial charge in [0.1, 0.15) is 0 Å². The zero-order valence-corrected chi connectivity index (χ0v) is 17.1. The van der Waals surface area contributed by atoms with Gasteiger partial charge in [0.05, 0.1) is 15.5 Å². The van der Waals surface area contributed by atoms with Crippen molar-refractivity contribution in [1.82, 2.24) is 4.90 Å². The van der Waals surface area contributed by atoms with E-state index in [0.717, 1.165) is 23.6 Å². The molecule has 1 N–H and O–H groups in total. The fraction of sp³-hybridized carbons (Fsp3) is 0.130. The van der Waals surface area contributed by atoms with Gasteiger partial charge in [0.25, 0.3) is 17.5 Å². The van der Waals surface area contributed by atoms with Gasteiger partial charge in [0, 0.05) is 36.5 Å². The molecule has 1 aliphatic rings. The number of amides is 2. The summed E-state index contributed by atoms with van der Waals surface area (Å²) in [7, 11) is 0. The SMILES string of the molecule is O=C(Nc1ccc2c(c1)CN(C(=O)c1ccccc1)CC2)c1ccc([N+](=O)[O-])cc1Cl. The highest BCUT2D eigenvalue weighted by atomic mass is 35.5. The van der Waals surface area contributed by atoms with Gasteiger partial charge in [-0.2, -0.15) is 0 Å². The third kappa shape index (κ3) is 4.41. The first kappa shape index (κ1) is 20.6. The Morgan fingerprint density at radius 3 is 2.48 bits per heavy atom. The van der Waals surface area contributed by atoms with E-state index in [0.29, 0.717) is 24.3 Å². The van der Waals surface area contributed by atoms with Crippen LogP contribution in [0.4, 0.5) is 11.4 Å². The van der Waals surface area contributed by atoms with Crippen LogP contribution in [0.1, 0.15) is 31.8 Å². The van der Waals surface area contributed by atoms with Crippen LogP contribution < -0.4 is 5.32 Å². The molecule has 0 saturated carbocycles. The molecular weight excluding hydrogens is 418 g/mol. The molecule has 0 spiro atoms. The maximum atomic E-state index is 12.8. The first-order valence-electron chi connectivity index (χ1n) is 9.64. The molecule has 0 aliphatic carbocycles. The molecule has 8 heteroatoms. The Bertz CT molecular complexity index is 1180. The molecule has 0 fully saturated rings. The Balaban J connectivity index is 1.50. The van der Waals surface area contributed by atoms with E-state index in [1.165, 1.54) is 12.1 Å². The molecule has 4 rings (SSSR count). The highest BCUT2D eigenvalue weighted by Crippen LogP contribution is 2.26. The predicted octanol–water partition coefficient (Wildman–Crippen LogP) is 4.70. The summed E-state index contributed by atoms with van der Waals surface area (Å²) in [6, 6.07) is 18.4. The quantitative estimate of drug-likeness (QED) is 0.475. The van der Waals surface area contributed by atoms with Crippen LogP contribution in [0.15, 0.2) is 66.7 Å². The fourth-order valence-corrected chi connectivity index (χ4v) is 3.83. The monoisotopic (exact) mass is 435 g/mol. The molecular formula is C23H18ClN3O4. The van der Waals surface area contributed by atoms with Crippen LogP contribution in [-0.2, 0) is 13.0 Å². The third-order valence-corrected chi connectivity index (χ3v) is 5.51. The minimum atomic E-state index is -0.570. The van der Waals surface area contributed by atoms with Crippen molar-refractivity contribution in [3.63, 3.8) is 0 Å². The van der Waals surface area contributed by atoms with Crippen LogP contribution >= 0.6 is 11.6 Å². The first-order valence-corrected chi connectivity index (χ1v) is 10.0. The number of hydrogen-bond donors (Lipinski definition) is 1. The molecule has 156 valence electrons. The van der Waals surface area contributed by atoms with Crippen molar-refractivity contribution in [2.45, 2.75) is 13.0 Å². The van der Waals surface area contributed by atoms with Crippen molar-refractivity contribution in [2.75, 3.05) is 11.9 Å². The van der Waals surface area contributed by atoms with Crippen molar-refractivity contribution in [3.8, 4) is 0 Å². The topological polar surface area (TPSA) is 92.6 Å². The van der Waals surface area contributed by atoms with E-state index < -0.39 is 10.8 Å². The number of fused-ring (bicyclic) bond motifs is 1. The second-order valence-electron chi connectivity index (χ2n) is 7.20. The average Bonchev–Trinajstić information content (AvgIpc) is 2.78. The van der Waals surface area contributed by atoms with Crippen LogP contribution in [0.25, 0.3) is 0 Å². The summed E-state index contributed by atoms with van der Waals surface area (Å²) in [4.78, 5) is 37.4. The number of anilines is 1. The lowest BCUT2D eigenvalue weighted by Gasteiger charge is -2.29. The van der Waals surface area contributed by atoms with E-state index in [9.17, 15) is 19.7 Å². The molecule has 0 bridgehead atoms. The first-order chi connectivity index (χ1) is 14.9. The van der Waals surface area contributed by atoms with Crippen molar-refractivity contribution in [2.24, 2.45) is 0 Å². The van der Waals surface area contributed by atoms with Crippen LogP contribution in [0.5, 0.6) is 0 Å². The maximum absolute atomic E-state index is 12.8. The summed E-state index contributed by atoms with van der Waals surface area (Å²) in [6.45, 7) is 1.08. The Morgan fingerprint density at radius 2 is 1.77 bits per heavy atom. The number of hydrogen-bond acceptors (Lipinski definition) is 4. The lowest BCUT2D eigenvalue weighted by molar-refractivity contribution is -0.384. The molecule has 1 aliphatic heterocycles. The lowest BCUT2D eigenvalue weighted by atomic mass is 9.98. The van der Waals surface area contributed by atoms with E-state index in [1.54, 1.807) is 23.1 Å². The van der Waals surface area contributed by atoms with Crippen molar-refractivity contribution in [3.05, 3.63) is 104 Å². The molecule has 31 heavy (non-hydrogen) atoms. The molecule has 0 atom stereocenters. The second-order valence-corrected chi connectivity index (χ2v) is 7.61. The van der Waals surface area contributed by atoms with Crippen LogP contribution in [0.2, 0.25) is 5.02 Å². The Kier molecular flexibility index (Phi) is 5.68. The summed E-state index contributed by atoms with van der Waals surface area (Å²) in [6.07, 6.45) is 0.732. The smallest absolute Gasteiger partial charge is 0.270 e. The largest absolute Gasteiger partial charge is 0.334 e. The fourth-order valence-electron chi connectivity index (χ4n) is 3.57. The number of rotatable bonds is 4. The number of carbonyl (C=O) groups is 2. The number of nitro groups is 1. The van der Waals surface area contributed by atoms with Gasteiger partial charge in [-0.05, 0) is 47.9 Å². The van der Waals surface area contributed by atoms with Gasteiger partial charge in [-0.15, -0.1) is 0 Å². The Labute approximate surface area is 183 Å². The van der Waals surface area contributed by atoms with Crippen LogP contribution in [0.3, 0.4) is 0 Å². The van der Waals surface area contributed by atoms with Crippen LogP contribution in [-0.4, -0.2) is 28.2 Å². The maximum Gasteiger partial charge on any atom is 0.270 e. The molecule has 3 aromatic carbocycles. The summed E-state index contributed by atoms with van der Waals surface area (Å²) >= 11 is 6.05. The van der Waals surface area contributed by atoms with E-state index in [2.05, 4.69) is 5.32 Å². The molecule has 1 heterocycles. The van der Waals surface area contributed by atoms with Crippen molar-refractivity contribution < 1.29 is 14.5 Å². The number of carbonyl (C=O) groups excluding carboxylic acids is 2. The van der Waals surface area contributed by atoms with Gasteiger partial charge >= 0.3 is 0 Å². The molecule has 2 amide bonds. The molecule has 0 saturated heterocycles. The summed E-state index contributed by atoms with van der Waals surface area (Å²) in [5, 5.41) is 13.6. The second kappa shape index (κ2) is 8.57. The summed E-state index contributed by atoms with van der Waals surface area (Å²) in [5.41, 5.74) is 3.26. The number of halogens is 1. The molecule has 0 radical (unpaired) electrons. The molecule has 0 unspecified atom stereocenters. The van der Waals surface area contributed by atoms with E-state index in [-0.39, 0.29) is 22.2 Å². The number of nitrogens with zero attached hydrogens (tertiary/aromatic N) is 2. The van der Waals surface area contributed by atoms with Gasteiger partial charge < -0.3 is 10.2 Å². The summed E-state index contributed by atoms with van der Waals surface area (Å²) in [5.74, 6) is -0.494. The van der Waals surface area contributed by atoms with Gasteiger partial charge in [-0.3, -0.25) is 19.7 Å². The van der Waals surface area contributed by atoms with Gasteiger partial charge in [0.15, 0.2) is 0 Å². The minimum absolute atomic E-state index is 0.00397. The number of non-ortho nitro benzene ring substituents is 1. The highest BCUT2D eigenvalue weighted by molar-refractivity contribution is 6.34. The normalized spacial score (nSPS) is 12.7. The number of benzene rings is 3. The standard InChI is InChI=1S/C23H18ClN3O4/c24-21-13-19(27(30)31)8-9-20(21)22(28)25-18-7-6-15-10-11-26(14-17(15)12-18)23(29)16-4-2-1-3-5-16/h1-9,12-13H,10-11,14H2,(H,25,28). The Hall–Kier alpha value is -3.71. The van der Waals surface area contributed by atoms with Gasteiger partial charge in [-0.1, -0.05) is 35.9 Å². The number of nitrogens with one attached hydrogen (secondary N) is 1. The van der Waals surface area contributed by atoms with E-state index >= 15 is 0 Å². The van der Waals surface area contributed by atoms with E-state index in [1.807, 2.05) is 30.3 Å². The summed E-state index contributed by atoms with van der Waals surface area (Å²) < 4.78 is 0. The minimum Gasteiger partial charge on any atom is -0.334 e. The predicted molar refractivity (Wildman–Crippen MR) is 117 cm³/mol. The van der Waals surface area contributed by atoms with Crippen molar-refractivity contribution >= 4 is 34.8 Å². The lowest BCUT2D eigenvalue weighted by Crippen LogP contribution is -2.36. The third-order valence-electron chi connectivity index (χ3n) is 5.19. The molecule has 7 nitrogen and oxygen atoms in total. The highest BCUT2D eigenvalue weighted by Gasteiger charge is 2.22. The number of nitro benzene ring substituents is 1. The van der Waals surface area contributed by atoms with Gasteiger partial charge in [0.2, 0.25) is 0 Å².